The summed E-state index contributed by atoms with van der Waals surface area (Å²) in [5, 5.41) is 3.50. The van der Waals surface area contributed by atoms with Gasteiger partial charge in [-0.1, -0.05) is 43.8 Å². The highest BCUT2D eigenvalue weighted by Crippen LogP contribution is 2.10. The molecule has 88 valence electrons. The van der Waals surface area contributed by atoms with Crippen molar-refractivity contribution in [1.29, 1.82) is 0 Å². The maximum atomic E-state index is 4.11. The van der Waals surface area contributed by atoms with Crippen LogP contribution < -0.4 is 5.32 Å². The molecule has 0 radical (unpaired) electrons. The summed E-state index contributed by atoms with van der Waals surface area (Å²) in [6.07, 6.45) is 0. The molecule has 0 aliphatic heterocycles. The molecule has 1 N–H and O–H groups in total. The van der Waals surface area contributed by atoms with E-state index in [2.05, 4.69) is 50.0 Å². The average molecular weight is 235 g/mol. The highest BCUT2D eigenvalue weighted by Gasteiger charge is 2.02. The van der Waals surface area contributed by atoms with E-state index in [1.54, 1.807) is 0 Å². The van der Waals surface area contributed by atoms with Crippen molar-refractivity contribution in [2.24, 2.45) is 0 Å². The van der Waals surface area contributed by atoms with Gasteiger partial charge in [0.05, 0.1) is 0 Å². The average Bonchev–Trinajstić information content (AvgIpc) is 2.34. The highest BCUT2D eigenvalue weighted by atomic mass is 32.2. The topological polar surface area (TPSA) is 12.0 Å². The van der Waals surface area contributed by atoms with Gasteiger partial charge < -0.3 is 5.32 Å². The second-order valence-electron chi connectivity index (χ2n) is 3.91. The van der Waals surface area contributed by atoms with Crippen molar-refractivity contribution >= 4 is 17.3 Å². The Labute approximate surface area is 103 Å². The number of nitrogens with one attached hydrogen (secondary N) is 1. The largest absolute Gasteiger partial charge is 0.309 e. The lowest BCUT2D eigenvalue weighted by Gasteiger charge is -2.14. The van der Waals surface area contributed by atoms with Crippen molar-refractivity contribution in [3.8, 4) is 0 Å². The summed E-state index contributed by atoms with van der Waals surface area (Å²) in [4.78, 5) is 0. The van der Waals surface area contributed by atoms with Crippen molar-refractivity contribution < 1.29 is 0 Å². The fourth-order valence-corrected chi connectivity index (χ4v) is 2.13. The summed E-state index contributed by atoms with van der Waals surface area (Å²) in [6, 6.07) is 10.9. The first-order chi connectivity index (χ1) is 7.74. The molecule has 1 aromatic rings. The molecule has 1 atom stereocenters. The van der Waals surface area contributed by atoms with Crippen LogP contribution >= 0.6 is 11.8 Å². The first kappa shape index (κ1) is 13.3. The fourth-order valence-electron chi connectivity index (χ4n) is 1.43. The Morgan fingerprint density at radius 1 is 1.38 bits per heavy atom. The van der Waals surface area contributed by atoms with Gasteiger partial charge in [-0.05, 0) is 23.8 Å². The van der Waals surface area contributed by atoms with Crippen LogP contribution in [0.25, 0.3) is 5.57 Å². The molecule has 2 heteroatoms. The summed E-state index contributed by atoms with van der Waals surface area (Å²) >= 11 is 1.97. The van der Waals surface area contributed by atoms with E-state index in [-0.39, 0.29) is 0 Å². The third-order valence-corrected chi connectivity index (χ3v) is 3.56. The quantitative estimate of drug-likeness (QED) is 0.777. The standard InChI is InChI=1S/C14H21NS/c1-4-16-11-13(3)15-10-12(2)14-8-6-5-7-9-14/h5-9,13,15H,2,4,10-11H2,1,3H3. The normalized spacial score (nSPS) is 12.4. The van der Waals surface area contributed by atoms with E-state index in [1.807, 2.05) is 17.8 Å². The zero-order valence-corrected chi connectivity index (χ0v) is 11.0. The Morgan fingerprint density at radius 2 is 2.06 bits per heavy atom. The summed E-state index contributed by atoms with van der Waals surface area (Å²) in [5.74, 6) is 2.35. The summed E-state index contributed by atoms with van der Waals surface area (Å²) < 4.78 is 0. The number of hydrogen-bond donors (Lipinski definition) is 1. The van der Waals surface area contributed by atoms with Crippen molar-refractivity contribution in [3.05, 3.63) is 42.5 Å². The second kappa shape index (κ2) is 7.53. The van der Waals surface area contributed by atoms with Crippen LogP contribution in [0.1, 0.15) is 19.4 Å². The van der Waals surface area contributed by atoms with Crippen molar-refractivity contribution in [2.45, 2.75) is 19.9 Å². The minimum absolute atomic E-state index is 0.547. The second-order valence-corrected chi connectivity index (χ2v) is 5.23. The molecule has 1 aromatic carbocycles. The molecule has 0 bridgehead atoms. The lowest BCUT2D eigenvalue weighted by molar-refractivity contribution is 0.646. The van der Waals surface area contributed by atoms with Crippen LogP contribution in [0.15, 0.2) is 36.9 Å². The van der Waals surface area contributed by atoms with Crippen molar-refractivity contribution in [3.63, 3.8) is 0 Å². The molecule has 16 heavy (non-hydrogen) atoms. The maximum Gasteiger partial charge on any atom is 0.0208 e. The zero-order chi connectivity index (χ0) is 11.8. The Bertz CT molecular complexity index is 308. The van der Waals surface area contributed by atoms with E-state index < -0.39 is 0 Å². The molecule has 0 spiro atoms. The third-order valence-electron chi connectivity index (χ3n) is 2.42. The number of rotatable bonds is 7. The minimum Gasteiger partial charge on any atom is -0.309 e. The van der Waals surface area contributed by atoms with E-state index in [0.29, 0.717) is 6.04 Å². The van der Waals surface area contributed by atoms with Gasteiger partial charge >= 0.3 is 0 Å². The number of benzene rings is 1. The lowest BCUT2D eigenvalue weighted by atomic mass is 10.1. The number of hydrogen-bond acceptors (Lipinski definition) is 2. The third kappa shape index (κ3) is 4.86. The molecular formula is C14H21NS. The van der Waals surface area contributed by atoms with Crippen LogP contribution in [0.3, 0.4) is 0 Å². The van der Waals surface area contributed by atoms with Gasteiger partial charge in [0.1, 0.15) is 0 Å². The molecular weight excluding hydrogens is 214 g/mol. The first-order valence-corrected chi connectivity index (χ1v) is 6.93. The van der Waals surface area contributed by atoms with E-state index in [0.717, 1.165) is 12.1 Å². The molecule has 0 heterocycles. The van der Waals surface area contributed by atoms with Crippen molar-refractivity contribution in [2.75, 3.05) is 18.1 Å². The summed E-state index contributed by atoms with van der Waals surface area (Å²) in [7, 11) is 0. The highest BCUT2D eigenvalue weighted by molar-refractivity contribution is 7.99. The molecule has 1 unspecified atom stereocenters. The molecule has 0 saturated carbocycles. The van der Waals surface area contributed by atoms with E-state index in [1.165, 1.54) is 17.1 Å². The van der Waals surface area contributed by atoms with E-state index in [4.69, 9.17) is 0 Å². The summed E-state index contributed by atoms with van der Waals surface area (Å²) in [5.41, 5.74) is 2.39. The van der Waals surface area contributed by atoms with Gasteiger partial charge in [0.2, 0.25) is 0 Å². The molecule has 0 aliphatic carbocycles. The van der Waals surface area contributed by atoms with Gasteiger partial charge in [-0.25, -0.2) is 0 Å². The Kier molecular flexibility index (Phi) is 6.27. The summed E-state index contributed by atoms with van der Waals surface area (Å²) in [6.45, 7) is 9.40. The van der Waals surface area contributed by atoms with Gasteiger partial charge in [-0.2, -0.15) is 11.8 Å². The van der Waals surface area contributed by atoms with Crippen LogP contribution in [0, 0.1) is 0 Å². The fraction of sp³-hybridized carbons (Fsp3) is 0.429. The Morgan fingerprint density at radius 3 is 2.69 bits per heavy atom. The van der Waals surface area contributed by atoms with Crippen LogP contribution in [-0.2, 0) is 0 Å². The molecule has 1 nitrogen and oxygen atoms in total. The minimum atomic E-state index is 0.547. The van der Waals surface area contributed by atoms with Crippen LogP contribution in [-0.4, -0.2) is 24.1 Å². The molecule has 0 saturated heterocycles. The van der Waals surface area contributed by atoms with Gasteiger partial charge in [0.25, 0.3) is 0 Å². The SMILES string of the molecule is C=C(CNC(C)CSCC)c1ccccc1. The van der Waals surface area contributed by atoms with Crippen LogP contribution in [0.4, 0.5) is 0 Å². The monoisotopic (exact) mass is 235 g/mol. The predicted molar refractivity (Wildman–Crippen MR) is 75.9 cm³/mol. The number of thioether (sulfide) groups is 1. The Hall–Kier alpha value is -0.730. The molecule has 1 rings (SSSR count). The first-order valence-electron chi connectivity index (χ1n) is 5.78. The van der Waals surface area contributed by atoms with Crippen molar-refractivity contribution in [1.82, 2.24) is 5.32 Å². The van der Waals surface area contributed by atoms with Gasteiger partial charge in [0, 0.05) is 18.3 Å². The predicted octanol–water partition coefficient (Wildman–Crippen LogP) is 3.43. The lowest BCUT2D eigenvalue weighted by Crippen LogP contribution is -2.29. The van der Waals surface area contributed by atoms with Gasteiger partial charge in [-0.15, -0.1) is 0 Å². The smallest absolute Gasteiger partial charge is 0.0208 e. The van der Waals surface area contributed by atoms with Gasteiger partial charge in [-0.3, -0.25) is 0 Å². The molecule has 0 aromatic heterocycles. The van der Waals surface area contributed by atoms with Crippen LogP contribution in [0.5, 0.6) is 0 Å². The van der Waals surface area contributed by atoms with E-state index in [9.17, 15) is 0 Å². The van der Waals surface area contributed by atoms with Crippen LogP contribution in [0.2, 0.25) is 0 Å². The zero-order valence-electron chi connectivity index (χ0n) is 10.2. The molecule has 0 fully saturated rings. The Balaban J connectivity index is 2.30. The maximum absolute atomic E-state index is 4.11. The molecule has 0 aliphatic rings. The van der Waals surface area contributed by atoms with E-state index >= 15 is 0 Å². The molecule has 0 amide bonds. The van der Waals surface area contributed by atoms with Gasteiger partial charge in [0.15, 0.2) is 0 Å².